The van der Waals surface area contributed by atoms with Crippen molar-refractivity contribution in [1.82, 2.24) is 15.1 Å². The van der Waals surface area contributed by atoms with Gasteiger partial charge in [-0.15, -0.1) is 0 Å². The lowest BCUT2D eigenvalue weighted by atomic mass is 9.86. The van der Waals surface area contributed by atoms with Gasteiger partial charge >= 0.3 is 0 Å². The molecule has 3 rings (SSSR count). The summed E-state index contributed by atoms with van der Waals surface area (Å²) in [6.07, 6.45) is 4.15. The van der Waals surface area contributed by atoms with Gasteiger partial charge in [-0.05, 0) is 38.7 Å². The van der Waals surface area contributed by atoms with E-state index < -0.39 is 5.79 Å². The maximum atomic E-state index is 12.3. The molecule has 128 valence electrons. The molecule has 6 nitrogen and oxygen atoms in total. The molecule has 1 aliphatic heterocycles. The van der Waals surface area contributed by atoms with Crippen LogP contribution >= 0.6 is 0 Å². The minimum atomic E-state index is -0.399. The van der Waals surface area contributed by atoms with Crippen LogP contribution in [0.2, 0.25) is 0 Å². The minimum Gasteiger partial charge on any atom is -0.348 e. The molecular weight excluding hydrogens is 294 g/mol. The molecule has 0 aromatic carbocycles. The van der Waals surface area contributed by atoms with Crippen LogP contribution in [-0.2, 0) is 16.0 Å². The summed E-state index contributed by atoms with van der Waals surface area (Å²) in [6.45, 7) is 7.86. The second kappa shape index (κ2) is 6.61. The molecule has 1 aliphatic carbocycles. The third kappa shape index (κ3) is 3.58. The minimum absolute atomic E-state index is 0.0635. The smallest absolute Gasteiger partial charge is 0.269 e. The van der Waals surface area contributed by atoms with Crippen LogP contribution in [0.4, 0.5) is 0 Å². The molecule has 1 amide bonds. The molecule has 2 aliphatic rings. The van der Waals surface area contributed by atoms with Gasteiger partial charge in [-0.2, -0.15) is 5.10 Å². The highest BCUT2D eigenvalue weighted by atomic mass is 16.7. The van der Waals surface area contributed by atoms with Gasteiger partial charge in [0.2, 0.25) is 0 Å². The summed E-state index contributed by atoms with van der Waals surface area (Å²) in [4.78, 5) is 12.3. The Bertz CT molecular complexity index is 561. The van der Waals surface area contributed by atoms with Crippen molar-refractivity contribution >= 4 is 5.91 Å². The van der Waals surface area contributed by atoms with Crippen molar-refractivity contribution in [3.05, 3.63) is 17.5 Å². The van der Waals surface area contributed by atoms with E-state index in [-0.39, 0.29) is 12.0 Å². The van der Waals surface area contributed by atoms with Crippen molar-refractivity contribution < 1.29 is 14.3 Å². The Morgan fingerprint density at radius 1 is 1.48 bits per heavy atom. The van der Waals surface area contributed by atoms with Crippen molar-refractivity contribution in [1.29, 1.82) is 0 Å². The Morgan fingerprint density at radius 2 is 2.22 bits per heavy atom. The van der Waals surface area contributed by atoms with Gasteiger partial charge in [0.1, 0.15) is 11.8 Å². The van der Waals surface area contributed by atoms with Crippen LogP contribution in [0.25, 0.3) is 0 Å². The number of ether oxygens (including phenoxy) is 2. The molecule has 1 saturated heterocycles. The van der Waals surface area contributed by atoms with Crippen molar-refractivity contribution in [2.75, 3.05) is 13.2 Å². The average molecular weight is 321 g/mol. The maximum Gasteiger partial charge on any atom is 0.269 e. The highest BCUT2D eigenvalue weighted by Crippen LogP contribution is 2.39. The summed E-state index contributed by atoms with van der Waals surface area (Å²) in [5.74, 6) is 0.252. The molecule has 2 heterocycles. The van der Waals surface area contributed by atoms with E-state index in [1.807, 2.05) is 19.9 Å². The first kappa shape index (κ1) is 16.5. The number of carbonyl (C=O) groups excluding carboxylic acids is 1. The van der Waals surface area contributed by atoms with E-state index in [0.29, 0.717) is 25.4 Å². The number of aromatic nitrogens is 2. The number of nitrogens with zero attached hydrogens (tertiary/aromatic N) is 2. The van der Waals surface area contributed by atoms with Gasteiger partial charge in [-0.3, -0.25) is 9.48 Å². The zero-order valence-corrected chi connectivity index (χ0v) is 14.3. The maximum absolute atomic E-state index is 12.3. The molecule has 0 radical (unpaired) electrons. The Hall–Kier alpha value is -1.40. The van der Waals surface area contributed by atoms with Crippen LogP contribution in [-0.4, -0.2) is 40.7 Å². The largest absolute Gasteiger partial charge is 0.348 e. The van der Waals surface area contributed by atoms with E-state index in [0.717, 1.165) is 37.3 Å². The number of aryl methyl sites for hydroxylation is 2. The number of nitrogens with one attached hydrogen (secondary N) is 1. The van der Waals surface area contributed by atoms with Crippen LogP contribution in [0.15, 0.2) is 6.07 Å². The van der Waals surface area contributed by atoms with Gasteiger partial charge in [-0.25, -0.2) is 0 Å². The van der Waals surface area contributed by atoms with Gasteiger partial charge in [0.15, 0.2) is 5.79 Å². The van der Waals surface area contributed by atoms with E-state index in [4.69, 9.17) is 9.47 Å². The zero-order chi connectivity index (χ0) is 16.4. The topological polar surface area (TPSA) is 65.4 Å². The van der Waals surface area contributed by atoms with Gasteiger partial charge in [0.05, 0.1) is 12.3 Å². The third-order valence-corrected chi connectivity index (χ3v) is 4.87. The Labute approximate surface area is 137 Å². The number of hydrogen-bond acceptors (Lipinski definition) is 4. The zero-order valence-electron chi connectivity index (χ0n) is 14.3. The van der Waals surface area contributed by atoms with Gasteiger partial charge in [0, 0.05) is 25.9 Å². The first-order valence-electron chi connectivity index (χ1n) is 8.66. The summed E-state index contributed by atoms with van der Waals surface area (Å²) >= 11 is 0. The lowest BCUT2D eigenvalue weighted by molar-refractivity contribution is -0.191. The molecule has 1 aromatic heterocycles. The fourth-order valence-electron chi connectivity index (χ4n) is 3.45. The van der Waals surface area contributed by atoms with Gasteiger partial charge < -0.3 is 14.8 Å². The Balaban J connectivity index is 1.52. The molecule has 1 spiro atoms. The number of hydrogen-bond donors (Lipinski definition) is 1. The summed E-state index contributed by atoms with van der Waals surface area (Å²) < 4.78 is 13.8. The first-order chi connectivity index (χ1) is 11.0. The average Bonchev–Trinajstić information content (AvgIpc) is 3.12. The van der Waals surface area contributed by atoms with E-state index in [1.54, 1.807) is 4.68 Å². The lowest BCUT2D eigenvalue weighted by Gasteiger charge is -2.34. The molecule has 1 saturated carbocycles. The standard InChI is InChI=1S/C17H27N3O3/c1-4-20-15(9-13(3)19-20)16(21)18-10-14-11-22-17(23-14)7-5-12(2)6-8-17/h9,12,14H,4-8,10-11H2,1-3H3,(H,18,21). The molecule has 6 heteroatoms. The van der Waals surface area contributed by atoms with Crippen LogP contribution < -0.4 is 5.32 Å². The van der Waals surface area contributed by atoms with Crippen molar-refractivity contribution in [3.63, 3.8) is 0 Å². The normalized spacial score (nSPS) is 30.7. The molecule has 1 atom stereocenters. The van der Waals surface area contributed by atoms with Crippen LogP contribution in [0, 0.1) is 12.8 Å². The van der Waals surface area contributed by atoms with Crippen molar-refractivity contribution in [2.24, 2.45) is 5.92 Å². The molecule has 0 bridgehead atoms. The highest BCUT2D eigenvalue weighted by Gasteiger charge is 2.43. The van der Waals surface area contributed by atoms with E-state index in [1.165, 1.54) is 0 Å². The summed E-state index contributed by atoms with van der Waals surface area (Å²) in [5, 5.41) is 7.26. The molecule has 23 heavy (non-hydrogen) atoms. The fourth-order valence-corrected chi connectivity index (χ4v) is 3.45. The second-order valence-corrected chi connectivity index (χ2v) is 6.84. The SMILES string of the molecule is CCn1nc(C)cc1C(=O)NCC1COC2(CCC(C)CC2)O1. The molecule has 2 fully saturated rings. The number of carbonyl (C=O) groups is 1. The summed E-state index contributed by atoms with van der Waals surface area (Å²) in [5.41, 5.74) is 1.46. The highest BCUT2D eigenvalue weighted by molar-refractivity contribution is 5.92. The van der Waals surface area contributed by atoms with Gasteiger partial charge in [0.25, 0.3) is 5.91 Å². The van der Waals surface area contributed by atoms with Crippen molar-refractivity contribution in [3.8, 4) is 0 Å². The molecule has 1 unspecified atom stereocenters. The predicted octanol–water partition coefficient (Wildman–Crippen LogP) is 2.26. The Morgan fingerprint density at radius 3 is 2.91 bits per heavy atom. The van der Waals surface area contributed by atoms with Crippen LogP contribution in [0.5, 0.6) is 0 Å². The monoisotopic (exact) mass is 321 g/mol. The van der Waals surface area contributed by atoms with Gasteiger partial charge in [-0.1, -0.05) is 6.92 Å². The van der Waals surface area contributed by atoms with E-state index >= 15 is 0 Å². The molecular formula is C17H27N3O3. The second-order valence-electron chi connectivity index (χ2n) is 6.84. The molecule has 1 N–H and O–H groups in total. The van der Waals surface area contributed by atoms with Crippen molar-refractivity contribution in [2.45, 2.75) is 64.9 Å². The van der Waals surface area contributed by atoms with E-state index in [9.17, 15) is 4.79 Å². The Kier molecular flexibility index (Phi) is 4.73. The number of rotatable bonds is 4. The fraction of sp³-hybridized carbons (Fsp3) is 0.765. The predicted molar refractivity (Wildman–Crippen MR) is 86.2 cm³/mol. The first-order valence-corrected chi connectivity index (χ1v) is 8.66. The lowest BCUT2D eigenvalue weighted by Crippen LogP contribution is -2.38. The molecule has 1 aromatic rings. The third-order valence-electron chi connectivity index (χ3n) is 4.87. The quantitative estimate of drug-likeness (QED) is 0.924. The summed E-state index contributed by atoms with van der Waals surface area (Å²) in [6, 6.07) is 1.81. The van der Waals surface area contributed by atoms with E-state index in [2.05, 4.69) is 17.3 Å². The number of amides is 1. The van der Waals surface area contributed by atoms with Crippen LogP contribution in [0.1, 0.15) is 55.7 Å². The van der Waals surface area contributed by atoms with Crippen LogP contribution in [0.3, 0.4) is 0 Å². The summed E-state index contributed by atoms with van der Waals surface area (Å²) in [7, 11) is 0.